The van der Waals surface area contributed by atoms with Crippen LogP contribution in [0.1, 0.15) is 258 Å². The number of ether oxygens (including phenoxy) is 2. The van der Waals surface area contributed by atoms with Gasteiger partial charge in [-0.3, -0.25) is 9.13 Å². The highest BCUT2D eigenvalue weighted by atomic mass is 31.2. The van der Waals surface area contributed by atoms with Gasteiger partial charge in [0.25, 0.3) is 0 Å². The van der Waals surface area contributed by atoms with Crippen molar-refractivity contribution in [2.45, 2.75) is 259 Å². The average Bonchev–Trinajstić information content (AvgIpc) is 3.24. The van der Waals surface area contributed by atoms with Crippen LogP contribution in [0.2, 0.25) is 0 Å². The number of benzene rings is 1. The zero-order chi connectivity index (χ0) is 45.3. The Labute approximate surface area is 384 Å². The fraction of sp³-hybridized carbons (Fsp3) is 0.885. The fourth-order valence-corrected chi connectivity index (χ4v) is 11.7. The van der Waals surface area contributed by atoms with Crippen LogP contribution in [0.15, 0.2) is 12.1 Å². The van der Waals surface area contributed by atoms with Gasteiger partial charge in [0.05, 0.1) is 52.0 Å². The first-order chi connectivity index (χ1) is 30.3. The maximum atomic E-state index is 13.9. The van der Waals surface area contributed by atoms with E-state index in [1.165, 1.54) is 180 Å². The largest absolute Gasteiger partial charge is 0.493 e. The predicted molar refractivity (Wildman–Crippen MR) is 266 cm³/mol. The van der Waals surface area contributed by atoms with Crippen LogP contribution in [0.25, 0.3) is 0 Å². The average molecular weight is 915 g/mol. The molecule has 0 aliphatic heterocycles. The van der Waals surface area contributed by atoms with Crippen molar-refractivity contribution in [1.82, 2.24) is 0 Å². The summed E-state index contributed by atoms with van der Waals surface area (Å²) in [4.78, 5) is 0. The summed E-state index contributed by atoms with van der Waals surface area (Å²) in [6.45, 7) is 14.1. The molecule has 0 unspecified atom stereocenters. The van der Waals surface area contributed by atoms with Gasteiger partial charge in [0.1, 0.15) is 11.5 Å². The molecule has 0 bridgehead atoms. The molecule has 1 aromatic carbocycles. The molecule has 0 spiro atoms. The minimum absolute atomic E-state index is 0.0627. The van der Waals surface area contributed by atoms with E-state index in [2.05, 4.69) is 13.8 Å². The number of hydrogen-bond donors (Lipinski definition) is 0. The lowest BCUT2D eigenvalue weighted by Gasteiger charge is -2.23. The van der Waals surface area contributed by atoms with E-state index in [0.29, 0.717) is 35.8 Å². The van der Waals surface area contributed by atoms with Crippen LogP contribution in [0.3, 0.4) is 0 Å². The Kier molecular flexibility index (Phi) is 39.6. The maximum absolute atomic E-state index is 13.9. The topological polar surface area (TPSA) is 89.5 Å². The van der Waals surface area contributed by atoms with Gasteiger partial charge in [-0.1, -0.05) is 206 Å². The van der Waals surface area contributed by atoms with Gasteiger partial charge < -0.3 is 27.6 Å². The zero-order valence-corrected chi connectivity index (χ0v) is 43.4. The Morgan fingerprint density at radius 1 is 0.323 bits per heavy atom. The van der Waals surface area contributed by atoms with E-state index in [1.54, 1.807) is 0 Å². The highest BCUT2D eigenvalue weighted by molar-refractivity contribution is 7.53. The Bertz CT molecular complexity index is 1130. The summed E-state index contributed by atoms with van der Waals surface area (Å²) in [5.41, 5.74) is 1.42. The van der Waals surface area contributed by atoms with E-state index < -0.39 is 15.2 Å². The molecule has 0 aromatic heterocycles. The second-order valence-electron chi connectivity index (χ2n) is 17.6. The highest BCUT2D eigenvalue weighted by Gasteiger charge is 2.30. The molecule has 10 heteroatoms. The molecule has 0 aliphatic carbocycles. The highest BCUT2D eigenvalue weighted by Crippen LogP contribution is 2.55. The van der Waals surface area contributed by atoms with Gasteiger partial charge in [-0.05, 0) is 52.7 Å². The molecule has 0 saturated heterocycles. The van der Waals surface area contributed by atoms with E-state index in [9.17, 15) is 9.13 Å². The monoisotopic (exact) mass is 915 g/mol. The molecule has 62 heavy (non-hydrogen) atoms. The third-order valence-electron chi connectivity index (χ3n) is 11.8. The summed E-state index contributed by atoms with van der Waals surface area (Å²) in [5.74, 6) is 1.18. The van der Waals surface area contributed by atoms with Gasteiger partial charge in [0, 0.05) is 11.1 Å². The van der Waals surface area contributed by atoms with Gasteiger partial charge in [-0.15, -0.1) is 0 Å². The second kappa shape index (κ2) is 41.5. The number of unbranched alkanes of at least 4 members (excludes halogenated alkanes) is 30. The van der Waals surface area contributed by atoms with Crippen molar-refractivity contribution in [3.8, 4) is 11.5 Å². The summed E-state index contributed by atoms with van der Waals surface area (Å²) >= 11 is 0. The Balaban J connectivity index is 2.77. The number of hydrogen-bond acceptors (Lipinski definition) is 8. The first kappa shape index (κ1) is 59.1. The lowest BCUT2D eigenvalue weighted by atomic mass is 10.0. The van der Waals surface area contributed by atoms with Crippen LogP contribution >= 0.6 is 15.2 Å². The molecule has 0 amide bonds. The molecule has 0 N–H and O–H groups in total. The van der Waals surface area contributed by atoms with Gasteiger partial charge in [0.15, 0.2) is 0 Å². The summed E-state index contributed by atoms with van der Waals surface area (Å²) in [7, 11) is -6.90. The molecule has 0 heterocycles. The molecule has 1 rings (SSSR count). The van der Waals surface area contributed by atoms with Crippen molar-refractivity contribution in [3.63, 3.8) is 0 Å². The van der Waals surface area contributed by atoms with Crippen molar-refractivity contribution in [2.24, 2.45) is 0 Å². The Hall–Kier alpha value is -0.880. The third-order valence-corrected chi connectivity index (χ3v) is 15.8. The van der Waals surface area contributed by atoms with Gasteiger partial charge in [-0.25, -0.2) is 0 Å². The van der Waals surface area contributed by atoms with Crippen LogP contribution in [-0.4, -0.2) is 39.6 Å². The second-order valence-corrected chi connectivity index (χ2v) is 21.7. The molecule has 0 aliphatic rings. The van der Waals surface area contributed by atoms with Crippen LogP contribution in [0.5, 0.6) is 11.5 Å². The first-order valence-electron chi connectivity index (χ1n) is 26.5. The van der Waals surface area contributed by atoms with Crippen LogP contribution in [0, 0.1) is 0 Å². The summed E-state index contributed by atoms with van der Waals surface area (Å²) < 4.78 is 63.6. The quantitative estimate of drug-likeness (QED) is 0.0472. The molecular weight excluding hydrogens is 815 g/mol. The van der Waals surface area contributed by atoms with E-state index in [0.717, 1.165) is 25.7 Å². The normalized spacial score (nSPS) is 12.1. The van der Waals surface area contributed by atoms with Gasteiger partial charge in [0.2, 0.25) is 0 Å². The summed E-state index contributed by atoms with van der Waals surface area (Å²) in [6.07, 6.45) is 42.1. The van der Waals surface area contributed by atoms with E-state index >= 15 is 0 Å². The van der Waals surface area contributed by atoms with E-state index in [1.807, 2.05) is 39.8 Å². The molecular formula is C52H100O8P2. The molecule has 0 radical (unpaired) electrons. The Morgan fingerprint density at radius 2 is 0.532 bits per heavy atom. The van der Waals surface area contributed by atoms with Crippen LogP contribution in [0.4, 0.5) is 0 Å². The van der Waals surface area contributed by atoms with Crippen LogP contribution in [-0.2, 0) is 39.5 Å². The molecule has 0 atom stereocenters. The lowest BCUT2D eigenvalue weighted by Crippen LogP contribution is -2.08. The predicted octanol–water partition coefficient (Wildman–Crippen LogP) is 18.5. The Morgan fingerprint density at radius 3 is 0.742 bits per heavy atom. The fourth-order valence-electron chi connectivity index (χ4n) is 8.29. The smallest absolute Gasteiger partial charge is 0.335 e. The standard InChI is InChI=1S/C52H100O8P2/c1-7-13-15-17-19-21-23-25-27-29-31-33-35-37-39-41-43-55-51-45-50(48-62(54,59-11-5)60-12-6)52(46-49(51)47-61(53,57-9-3)58-10-4)56-44-42-40-38-36-34-32-30-28-26-24-22-20-18-16-14-8-2/h45-46H,7-44,47-48H2,1-6H3. The van der Waals surface area contributed by atoms with Crippen molar-refractivity contribution < 1.29 is 36.7 Å². The van der Waals surface area contributed by atoms with E-state index in [-0.39, 0.29) is 38.8 Å². The maximum Gasteiger partial charge on any atom is 0.335 e. The molecule has 1 aromatic rings. The minimum atomic E-state index is -3.45. The molecule has 8 nitrogen and oxygen atoms in total. The van der Waals surface area contributed by atoms with Gasteiger partial charge in [-0.2, -0.15) is 0 Å². The summed E-state index contributed by atoms with van der Waals surface area (Å²) in [6, 6.07) is 3.80. The van der Waals surface area contributed by atoms with Crippen molar-refractivity contribution in [1.29, 1.82) is 0 Å². The van der Waals surface area contributed by atoms with Crippen molar-refractivity contribution >= 4 is 15.2 Å². The SMILES string of the molecule is CCCCCCCCCCCCCCCCCCOc1cc(CP(=O)(OCC)OCC)c(OCCCCCCCCCCCCCCCCCC)cc1CP(=O)(OCC)OCC. The van der Waals surface area contributed by atoms with Crippen LogP contribution < -0.4 is 9.47 Å². The van der Waals surface area contributed by atoms with E-state index in [4.69, 9.17) is 27.6 Å². The van der Waals surface area contributed by atoms with Crippen molar-refractivity contribution in [2.75, 3.05) is 39.6 Å². The first-order valence-corrected chi connectivity index (χ1v) is 29.9. The van der Waals surface area contributed by atoms with Crippen molar-refractivity contribution in [3.05, 3.63) is 23.3 Å². The number of rotatable bonds is 48. The zero-order valence-electron chi connectivity index (χ0n) is 41.6. The van der Waals surface area contributed by atoms with Gasteiger partial charge >= 0.3 is 15.2 Å². The third kappa shape index (κ3) is 31.9. The molecule has 366 valence electrons. The minimum Gasteiger partial charge on any atom is -0.493 e. The molecule has 0 fully saturated rings. The lowest BCUT2D eigenvalue weighted by molar-refractivity contribution is 0.216. The molecule has 0 saturated carbocycles. The summed E-state index contributed by atoms with van der Waals surface area (Å²) in [5, 5.41) is 0.